The van der Waals surface area contributed by atoms with Gasteiger partial charge in [0.1, 0.15) is 6.33 Å². The Hall–Kier alpha value is -2.97. The van der Waals surface area contributed by atoms with Crippen LogP contribution in [0.25, 0.3) is 0 Å². The van der Waals surface area contributed by atoms with E-state index in [-0.39, 0.29) is 0 Å². The van der Waals surface area contributed by atoms with E-state index in [1.54, 1.807) is 0 Å². The van der Waals surface area contributed by atoms with Crippen molar-refractivity contribution >= 4 is 28.9 Å². The highest BCUT2D eigenvalue weighted by molar-refractivity contribution is 7.87. The van der Waals surface area contributed by atoms with Gasteiger partial charge in [-0.1, -0.05) is 91.0 Å². The highest BCUT2D eigenvalue weighted by atomic mass is 31.2. The first-order chi connectivity index (χ1) is 12.4. The average molecular weight is 344 g/mol. The summed E-state index contributed by atoms with van der Waals surface area (Å²) in [5.41, 5.74) is 0. The highest BCUT2D eigenvalue weighted by Crippen LogP contribution is 2.48. The summed E-state index contributed by atoms with van der Waals surface area (Å²) in [7, 11) is -2.25. The van der Waals surface area contributed by atoms with Crippen molar-refractivity contribution in [1.82, 2.24) is 15.2 Å². The van der Waals surface area contributed by atoms with Gasteiger partial charge in [-0.25, -0.2) is 9.84 Å². The molecule has 25 heavy (non-hydrogen) atoms. The molecule has 0 radical (unpaired) electrons. The van der Waals surface area contributed by atoms with E-state index in [1.165, 1.54) is 22.2 Å². The molecule has 0 aliphatic heterocycles. The predicted molar refractivity (Wildman–Crippen MR) is 104 cm³/mol. The van der Waals surface area contributed by atoms with Crippen LogP contribution in [0.15, 0.2) is 102 Å². The lowest BCUT2D eigenvalue weighted by atomic mass is 10.4. The Bertz CT molecular complexity index is 878. The van der Waals surface area contributed by atoms with Gasteiger partial charge >= 0.3 is 0 Å². The summed E-state index contributed by atoms with van der Waals surface area (Å²) in [5, 5.41) is 10.4. The third kappa shape index (κ3) is 2.92. The Kier molecular flexibility index (Phi) is 4.28. The topological polar surface area (TPSA) is 53.9 Å². The Balaban J connectivity index is 2.13. The molecule has 1 heterocycles. The zero-order valence-corrected chi connectivity index (χ0v) is 14.4. The van der Waals surface area contributed by atoms with Gasteiger partial charge in [-0.15, -0.1) is 0 Å². The van der Waals surface area contributed by atoms with Gasteiger partial charge in [0.15, 0.2) is 0 Å². The number of nitrogens with one attached hydrogen (secondary N) is 1. The van der Waals surface area contributed by atoms with E-state index >= 15 is 0 Å². The normalized spacial score (nSPS) is 11.2. The van der Waals surface area contributed by atoms with Crippen molar-refractivity contribution in [3.05, 3.63) is 97.3 Å². The molecule has 0 unspecified atom stereocenters. The number of aromatic amines is 1. The fraction of sp³-hybridized carbons (Fsp3) is 0. The van der Waals surface area contributed by atoms with E-state index in [9.17, 15) is 0 Å². The molecule has 4 aromatic rings. The number of aromatic nitrogens is 3. The van der Waals surface area contributed by atoms with E-state index < -0.39 is 7.05 Å². The largest absolute Gasteiger partial charge is 0.244 e. The number of rotatable bonds is 4. The van der Waals surface area contributed by atoms with E-state index in [0.29, 0.717) is 5.95 Å². The summed E-state index contributed by atoms with van der Waals surface area (Å²) in [6.45, 7) is 0. The molecule has 122 valence electrons. The lowest BCUT2D eigenvalue weighted by Crippen LogP contribution is -2.25. The smallest absolute Gasteiger partial charge is 0.244 e. The Morgan fingerprint density at radius 2 is 1.08 bits per heavy atom. The molecule has 4 rings (SSSR count). The fourth-order valence-electron chi connectivity index (χ4n) is 2.94. The van der Waals surface area contributed by atoms with Crippen LogP contribution in [0.4, 0.5) is 5.95 Å². The molecule has 0 aliphatic carbocycles. The molecule has 0 amide bonds. The molecule has 5 heteroatoms. The Morgan fingerprint density at radius 1 is 0.640 bits per heavy atom. The molecule has 0 spiro atoms. The van der Waals surface area contributed by atoms with Gasteiger partial charge < -0.3 is 0 Å². The molecule has 0 saturated heterocycles. The van der Waals surface area contributed by atoms with Gasteiger partial charge in [0.25, 0.3) is 0 Å². The third-order valence-corrected chi connectivity index (χ3v) is 7.66. The van der Waals surface area contributed by atoms with Crippen LogP contribution in [-0.4, -0.2) is 15.2 Å². The van der Waals surface area contributed by atoms with Crippen LogP contribution in [0.5, 0.6) is 0 Å². The van der Waals surface area contributed by atoms with Crippen LogP contribution in [0.2, 0.25) is 0 Å². The van der Waals surface area contributed by atoms with Crippen molar-refractivity contribution in [2.45, 2.75) is 0 Å². The summed E-state index contributed by atoms with van der Waals surface area (Å²) < 4.78 is 5.14. The molecular formula is C20H17N4P. The van der Waals surface area contributed by atoms with Crippen molar-refractivity contribution in [3.8, 4) is 0 Å². The number of hydrogen-bond acceptors (Lipinski definition) is 3. The molecule has 3 aromatic carbocycles. The molecule has 0 fully saturated rings. The van der Waals surface area contributed by atoms with Crippen LogP contribution in [0, 0.1) is 0 Å². The van der Waals surface area contributed by atoms with Crippen molar-refractivity contribution in [2.75, 3.05) is 0 Å². The number of nitrogens with zero attached hydrogens (tertiary/aromatic N) is 3. The fourth-order valence-corrected chi connectivity index (χ4v) is 6.37. The lowest BCUT2D eigenvalue weighted by Gasteiger charge is -2.26. The van der Waals surface area contributed by atoms with Gasteiger partial charge in [0, 0.05) is 15.9 Å². The summed E-state index contributed by atoms with van der Waals surface area (Å²) in [5.74, 6) is 0.546. The minimum absolute atomic E-state index is 0.546. The zero-order valence-electron chi connectivity index (χ0n) is 13.5. The minimum Gasteiger partial charge on any atom is -0.244 e. The number of benzene rings is 3. The van der Waals surface area contributed by atoms with Gasteiger partial charge in [0.2, 0.25) is 5.95 Å². The molecule has 0 bridgehead atoms. The summed E-state index contributed by atoms with van der Waals surface area (Å²) in [6, 6.07) is 31.3. The second-order valence-electron chi connectivity index (χ2n) is 5.55. The van der Waals surface area contributed by atoms with Gasteiger partial charge in [-0.3, -0.25) is 0 Å². The molecule has 0 saturated carbocycles. The van der Waals surface area contributed by atoms with E-state index in [4.69, 9.17) is 4.74 Å². The van der Waals surface area contributed by atoms with Crippen molar-refractivity contribution in [2.24, 2.45) is 4.74 Å². The maximum atomic E-state index is 5.14. The van der Waals surface area contributed by atoms with Gasteiger partial charge in [-0.2, -0.15) is 10.1 Å². The SMILES string of the molecule is c1ccc(P(=Nc2ncn[nH]2)(c2ccccc2)c2ccccc2)cc1. The van der Waals surface area contributed by atoms with Gasteiger partial charge in [0.05, 0.1) is 7.05 Å². The van der Waals surface area contributed by atoms with Crippen molar-refractivity contribution in [3.63, 3.8) is 0 Å². The quantitative estimate of drug-likeness (QED) is 0.575. The molecule has 1 N–H and O–H groups in total. The molecule has 0 atom stereocenters. The van der Waals surface area contributed by atoms with Crippen molar-refractivity contribution in [1.29, 1.82) is 0 Å². The molecular weight excluding hydrogens is 327 g/mol. The maximum absolute atomic E-state index is 5.14. The molecule has 0 aliphatic rings. The average Bonchev–Trinajstić information content (AvgIpc) is 3.21. The predicted octanol–water partition coefficient (Wildman–Crippen LogP) is 3.61. The zero-order chi connectivity index (χ0) is 17.0. The second-order valence-corrected chi connectivity index (χ2v) is 8.57. The van der Waals surface area contributed by atoms with Crippen LogP contribution in [0.1, 0.15) is 0 Å². The lowest BCUT2D eigenvalue weighted by molar-refractivity contribution is 1.09. The first-order valence-electron chi connectivity index (χ1n) is 8.04. The van der Waals surface area contributed by atoms with Crippen LogP contribution in [-0.2, 0) is 0 Å². The van der Waals surface area contributed by atoms with Gasteiger partial charge in [-0.05, 0) is 0 Å². The monoisotopic (exact) mass is 344 g/mol. The molecule has 1 aromatic heterocycles. The third-order valence-electron chi connectivity index (χ3n) is 4.04. The maximum Gasteiger partial charge on any atom is 0.244 e. The van der Waals surface area contributed by atoms with E-state index in [0.717, 1.165) is 0 Å². The van der Waals surface area contributed by atoms with Crippen LogP contribution >= 0.6 is 7.05 Å². The molecule has 4 nitrogen and oxygen atoms in total. The Morgan fingerprint density at radius 3 is 1.44 bits per heavy atom. The first-order valence-corrected chi connectivity index (χ1v) is 9.78. The van der Waals surface area contributed by atoms with Crippen LogP contribution < -0.4 is 15.9 Å². The minimum atomic E-state index is -2.25. The van der Waals surface area contributed by atoms with Crippen LogP contribution in [0.3, 0.4) is 0 Å². The standard InChI is InChI=1S/C20H17N4P/c1-4-10-17(11-5-1)25(18-12-6-2-7-13-18,19-14-8-3-9-15-19)24-20-21-16-22-23-20/h1-16H,(H,21,22,23). The number of H-pyrrole nitrogens is 1. The Labute approximate surface area is 146 Å². The summed E-state index contributed by atoms with van der Waals surface area (Å²) >= 11 is 0. The highest BCUT2D eigenvalue weighted by Gasteiger charge is 2.27. The number of hydrogen-bond donors (Lipinski definition) is 1. The summed E-state index contributed by atoms with van der Waals surface area (Å²) in [4.78, 5) is 4.27. The second kappa shape index (κ2) is 6.88. The first kappa shape index (κ1) is 15.6. The summed E-state index contributed by atoms with van der Waals surface area (Å²) in [6.07, 6.45) is 1.49. The van der Waals surface area contributed by atoms with E-state index in [2.05, 4.69) is 88.0 Å². The van der Waals surface area contributed by atoms with Crippen molar-refractivity contribution < 1.29 is 0 Å². The van der Waals surface area contributed by atoms with E-state index in [1.807, 2.05) is 18.2 Å².